The summed E-state index contributed by atoms with van der Waals surface area (Å²) in [6.45, 7) is 8.81. The van der Waals surface area contributed by atoms with Crippen molar-refractivity contribution in [3.63, 3.8) is 0 Å². The lowest BCUT2D eigenvalue weighted by molar-refractivity contribution is -0.257. The molecule has 0 saturated carbocycles. The molecule has 0 bridgehead atoms. The van der Waals surface area contributed by atoms with Crippen molar-refractivity contribution in [1.82, 2.24) is 5.32 Å². The number of hydrogen-bond donors (Lipinski definition) is 1. The van der Waals surface area contributed by atoms with Gasteiger partial charge in [0.25, 0.3) is 0 Å². The molecule has 10 nitrogen and oxygen atoms in total. The zero-order valence-corrected chi connectivity index (χ0v) is 20.4. The monoisotopic (exact) mass is 479 g/mol. The lowest BCUT2D eigenvalue weighted by Gasteiger charge is -2.44. The van der Waals surface area contributed by atoms with Gasteiger partial charge in [0.1, 0.15) is 24.5 Å². The molecule has 0 unspecified atom stereocenters. The van der Waals surface area contributed by atoms with E-state index in [9.17, 15) is 19.2 Å². The van der Waals surface area contributed by atoms with E-state index in [1.54, 1.807) is 12.1 Å². The van der Waals surface area contributed by atoms with Crippen LogP contribution < -0.4 is 10.1 Å². The van der Waals surface area contributed by atoms with E-state index in [4.69, 9.17) is 23.7 Å². The first-order chi connectivity index (χ1) is 16.0. The lowest BCUT2D eigenvalue weighted by atomic mass is 9.96. The average molecular weight is 480 g/mol. The molecule has 0 spiro atoms. The molecule has 1 N–H and O–H groups in total. The van der Waals surface area contributed by atoms with Gasteiger partial charge in [-0.25, -0.2) is 0 Å². The summed E-state index contributed by atoms with van der Waals surface area (Å²) in [6.07, 6.45) is -3.51. The third-order valence-electron chi connectivity index (χ3n) is 5.38. The Bertz CT molecular complexity index is 870. The Kier molecular flexibility index (Phi) is 9.85. The number of carbonyl (C=O) groups is 4. The highest BCUT2D eigenvalue weighted by Gasteiger charge is 2.51. The smallest absolute Gasteiger partial charge is 0.303 e. The molecule has 6 atom stereocenters. The van der Waals surface area contributed by atoms with Gasteiger partial charge in [-0.15, -0.1) is 0 Å². The van der Waals surface area contributed by atoms with Crippen LogP contribution in [-0.4, -0.2) is 61.1 Å². The number of carbonyl (C=O) groups excluding carboxylic acids is 4. The fourth-order valence-electron chi connectivity index (χ4n) is 3.64. The van der Waals surface area contributed by atoms with Crippen LogP contribution in [0.4, 0.5) is 0 Å². The molecule has 1 saturated heterocycles. The summed E-state index contributed by atoms with van der Waals surface area (Å²) in [6, 6.07) is 6.39. The minimum Gasteiger partial charge on any atom is -0.463 e. The Morgan fingerprint density at radius 1 is 0.941 bits per heavy atom. The summed E-state index contributed by atoms with van der Waals surface area (Å²) in [7, 11) is 0. The molecule has 2 rings (SSSR count). The Morgan fingerprint density at radius 3 is 2.03 bits per heavy atom. The van der Waals surface area contributed by atoms with Gasteiger partial charge in [0.15, 0.2) is 12.2 Å². The summed E-state index contributed by atoms with van der Waals surface area (Å²) in [5, 5.41) is 2.67. The molecule has 0 aliphatic carbocycles. The SMILES string of the molecule is CC[C@H](C)c1ccc(O[C@@H]2O[C@@H](COC(C)=O)[C@@H](OC(C)=O)[C@@H](OC(C)=O)[C@H]2NC(C)=O)cc1. The fourth-order valence-corrected chi connectivity index (χ4v) is 3.64. The number of hydrogen-bond acceptors (Lipinski definition) is 9. The second-order valence-corrected chi connectivity index (χ2v) is 8.22. The van der Waals surface area contributed by atoms with Crippen molar-refractivity contribution < 1.29 is 42.9 Å². The first-order valence-corrected chi connectivity index (χ1v) is 11.2. The van der Waals surface area contributed by atoms with Crippen molar-refractivity contribution in [1.29, 1.82) is 0 Å². The van der Waals surface area contributed by atoms with E-state index in [1.807, 2.05) is 12.1 Å². The molecule has 1 aliphatic rings. The third kappa shape index (κ3) is 7.72. The van der Waals surface area contributed by atoms with Gasteiger partial charge in [-0.2, -0.15) is 0 Å². The number of ether oxygens (including phenoxy) is 5. The van der Waals surface area contributed by atoms with E-state index in [1.165, 1.54) is 27.7 Å². The molecular formula is C24H33NO9. The van der Waals surface area contributed by atoms with Crippen molar-refractivity contribution in [2.24, 2.45) is 0 Å². The maximum Gasteiger partial charge on any atom is 0.303 e. The van der Waals surface area contributed by atoms with Crippen LogP contribution in [0.3, 0.4) is 0 Å². The Labute approximate surface area is 199 Å². The summed E-state index contributed by atoms with van der Waals surface area (Å²) < 4.78 is 27.9. The van der Waals surface area contributed by atoms with Crippen LogP contribution in [0.1, 0.15) is 59.4 Å². The molecule has 1 amide bonds. The van der Waals surface area contributed by atoms with Crippen molar-refractivity contribution in [3.05, 3.63) is 29.8 Å². The van der Waals surface area contributed by atoms with Gasteiger partial charge >= 0.3 is 17.9 Å². The first kappa shape index (κ1) is 27.1. The van der Waals surface area contributed by atoms with Crippen molar-refractivity contribution in [2.45, 2.75) is 84.5 Å². The lowest BCUT2D eigenvalue weighted by Crippen LogP contribution is -2.67. The quantitative estimate of drug-likeness (QED) is 0.419. The first-order valence-electron chi connectivity index (χ1n) is 11.2. The fraction of sp³-hybridized carbons (Fsp3) is 0.583. The molecule has 1 fully saturated rings. The van der Waals surface area contributed by atoms with E-state index >= 15 is 0 Å². The highest BCUT2D eigenvalue weighted by Crippen LogP contribution is 2.30. The van der Waals surface area contributed by atoms with Crippen molar-refractivity contribution >= 4 is 23.8 Å². The molecule has 1 aliphatic heterocycles. The van der Waals surface area contributed by atoms with Crippen molar-refractivity contribution in [3.8, 4) is 5.75 Å². The molecule has 1 aromatic rings. The minimum absolute atomic E-state index is 0.287. The van der Waals surface area contributed by atoms with Crippen LogP contribution in [0.15, 0.2) is 24.3 Å². The van der Waals surface area contributed by atoms with Crippen LogP contribution in [0.25, 0.3) is 0 Å². The van der Waals surface area contributed by atoms with E-state index in [-0.39, 0.29) is 6.61 Å². The molecular weight excluding hydrogens is 446 g/mol. The number of nitrogens with one attached hydrogen (secondary N) is 1. The number of rotatable bonds is 9. The van der Waals surface area contributed by atoms with Crippen LogP contribution in [0.2, 0.25) is 0 Å². The van der Waals surface area contributed by atoms with Crippen LogP contribution in [-0.2, 0) is 38.1 Å². The highest BCUT2D eigenvalue weighted by atomic mass is 16.7. The molecule has 10 heteroatoms. The van der Waals surface area contributed by atoms with Crippen LogP contribution >= 0.6 is 0 Å². The number of amides is 1. The Hall–Kier alpha value is -3.14. The molecule has 1 heterocycles. The largest absolute Gasteiger partial charge is 0.463 e. The Balaban J connectivity index is 2.41. The summed E-state index contributed by atoms with van der Waals surface area (Å²) in [5.41, 5.74) is 1.14. The Morgan fingerprint density at radius 2 is 1.53 bits per heavy atom. The molecule has 0 aromatic heterocycles. The van der Waals surface area contributed by atoms with Gasteiger partial charge in [-0.1, -0.05) is 26.0 Å². The topological polar surface area (TPSA) is 126 Å². The molecule has 1 aromatic carbocycles. The van der Waals surface area contributed by atoms with E-state index < -0.39 is 54.5 Å². The van der Waals surface area contributed by atoms with Crippen LogP contribution in [0.5, 0.6) is 5.75 Å². The van der Waals surface area contributed by atoms with E-state index in [0.717, 1.165) is 12.0 Å². The minimum atomic E-state index is -1.16. The van der Waals surface area contributed by atoms with E-state index in [0.29, 0.717) is 11.7 Å². The van der Waals surface area contributed by atoms with Gasteiger partial charge in [0.05, 0.1) is 0 Å². The zero-order chi connectivity index (χ0) is 25.4. The number of benzene rings is 1. The van der Waals surface area contributed by atoms with Crippen molar-refractivity contribution in [2.75, 3.05) is 6.61 Å². The van der Waals surface area contributed by atoms with Gasteiger partial charge in [-0.3, -0.25) is 19.2 Å². The molecule has 0 radical (unpaired) electrons. The second kappa shape index (κ2) is 12.4. The molecule has 34 heavy (non-hydrogen) atoms. The standard InChI is InChI=1S/C24H33NO9/c1-7-13(2)18-8-10-19(11-9-18)33-24-21(25-14(3)26)23(32-17(6)29)22(31-16(5)28)20(34-24)12-30-15(4)27/h8-11,13,20-24H,7,12H2,1-6H3,(H,25,26)/t13-,20-,21+,22+,23-,24+/m0/s1. The summed E-state index contributed by atoms with van der Waals surface area (Å²) in [4.78, 5) is 47.1. The maximum atomic E-state index is 12.0. The highest BCUT2D eigenvalue weighted by molar-refractivity contribution is 5.73. The van der Waals surface area contributed by atoms with Gasteiger partial charge in [0.2, 0.25) is 12.2 Å². The normalized spacial score (nSPS) is 24.9. The zero-order valence-electron chi connectivity index (χ0n) is 20.4. The number of esters is 3. The molecule has 188 valence electrons. The summed E-state index contributed by atoms with van der Waals surface area (Å²) in [5.74, 6) is -1.52. The predicted molar refractivity (Wildman–Crippen MR) is 120 cm³/mol. The van der Waals surface area contributed by atoms with Crippen LogP contribution in [0, 0.1) is 0 Å². The third-order valence-corrected chi connectivity index (χ3v) is 5.38. The predicted octanol–water partition coefficient (Wildman–Crippen LogP) is 2.23. The maximum absolute atomic E-state index is 12.0. The van der Waals surface area contributed by atoms with Gasteiger partial charge < -0.3 is 29.0 Å². The average Bonchev–Trinajstić information content (AvgIpc) is 2.75. The second-order valence-electron chi connectivity index (χ2n) is 8.22. The van der Waals surface area contributed by atoms with Gasteiger partial charge in [-0.05, 0) is 30.0 Å². The van der Waals surface area contributed by atoms with E-state index in [2.05, 4.69) is 19.2 Å². The summed E-state index contributed by atoms with van der Waals surface area (Å²) >= 11 is 0. The van der Waals surface area contributed by atoms with Gasteiger partial charge in [0, 0.05) is 27.7 Å².